The third kappa shape index (κ3) is 4.49. The van der Waals surface area contributed by atoms with Gasteiger partial charge in [0.05, 0.1) is 23.4 Å². The Balaban J connectivity index is 1.69. The van der Waals surface area contributed by atoms with Crippen LogP contribution in [-0.4, -0.2) is 22.7 Å². The Morgan fingerprint density at radius 3 is 2.71 bits per heavy atom. The minimum Gasteiger partial charge on any atom is -0.488 e. The lowest BCUT2D eigenvalue weighted by Crippen LogP contribution is -2.24. The van der Waals surface area contributed by atoms with E-state index in [2.05, 4.69) is 15.5 Å². The molecule has 1 amide bonds. The number of ether oxygens (including phenoxy) is 2. The largest absolute Gasteiger partial charge is 0.488 e. The van der Waals surface area contributed by atoms with E-state index in [9.17, 15) is 4.79 Å². The van der Waals surface area contributed by atoms with E-state index in [1.165, 1.54) is 0 Å². The smallest absolute Gasteiger partial charge is 0.255 e. The monoisotopic (exact) mass is 381 g/mol. The number of benzene rings is 1. The molecule has 0 saturated carbocycles. The molecule has 2 aromatic heterocycles. The number of carbonyl (C=O) groups is 1. The van der Waals surface area contributed by atoms with Crippen LogP contribution in [0.3, 0.4) is 0 Å². The van der Waals surface area contributed by atoms with Crippen molar-refractivity contribution in [1.29, 1.82) is 0 Å². The molecule has 0 fully saturated rings. The predicted octanol–water partition coefficient (Wildman–Crippen LogP) is 3.59. The fourth-order valence-corrected chi connectivity index (χ4v) is 2.73. The first-order valence-corrected chi connectivity index (χ1v) is 9.08. The highest BCUT2D eigenvalue weighted by Crippen LogP contribution is 2.22. The SMILES string of the molecule is CCOc1ncccc1CNC(=O)c1ccccc1OCc1c(C)noc1C. The van der Waals surface area contributed by atoms with Gasteiger partial charge in [-0.15, -0.1) is 0 Å². The normalized spacial score (nSPS) is 10.5. The number of amides is 1. The molecule has 0 atom stereocenters. The first-order chi connectivity index (χ1) is 13.6. The van der Waals surface area contributed by atoms with Crippen LogP contribution in [-0.2, 0) is 13.2 Å². The maximum Gasteiger partial charge on any atom is 0.255 e. The Morgan fingerprint density at radius 2 is 1.96 bits per heavy atom. The topological polar surface area (TPSA) is 86.5 Å². The lowest BCUT2D eigenvalue weighted by atomic mass is 10.1. The molecule has 0 bridgehead atoms. The van der Waals surface area contributed by atoms with Gasteiger partial charge >= 0.3 is 0 Å². The Hall–Kier alpha value is -3.35. The van der Waals surface area contributed by atoms with Crippen molar-refractivity contribution in [2.45, 2.75) is 33.9 Å². The van der Waals surface area contributed by atoms with Crippen molar-refractivity contribution in [3.8, 4) is 11.6 Å². The van der Waals surface area contributed by atoms with Crippen molar-refractivity contribution in [2.24, 2.45) is 0 Å². The Labute approximate surface area is 163 Å². The van der Waals surface area contributed by atoms with Crippen molar-refractivity contribution in [2.75, 3.05) is 6.61 Å². The van der Waals surface area contributed by atoms with Gasteiger partial charge in [0, 0.05) is 18.3 Å². The molecule has 0 aliphatic heterocycles. The standard InChI is InChI=1S/C21H23N3O4/c1-4-26-21-16(8-7-11-22-21)12-23-20(25)17-9-5-6-10-19(17)27-13-18-14(2)24-28-15(18)3/h5-11H,4,12-13H2,1-3H3,(H,23,25). The molecule has 146 valence electrons. The van der Waals surface area contributed by atoms with Gasteiger partial charge in [-0.05, 0) is 39.0 Å². The van der Waals surface area contributed by atoms with Crippen LogP contribution >= 0.6 is 0 Å². The zero-order valence-corrected chi connectivity index (χ0v) is 16.2. The second-order valence-electron chi connectivity index (χ2n) is 6.17. The van der Waals surface area contributed by atoms with Crippen molar-refractivity contribution < 1.29 is 18.8 Å². The Bertz CT molecular complexity index is 933. The molecule has 7 heteroatoms. The van der Waals surface area contributed by atoms with E-state index in [1.807, 2.05) is 39.0 Å². The molecule has 0 spiro atoms. The number of aromatic nitrogens is 2. The van der Waals surface area contributed by atoms with Crippen LogP contribution in [0.5, 0.6) is 11.6 Å². The molecule has 0 radical (unpaired) electrons. The summed E-state index contributed by atoms with van der Waals surface area (Å²) in [7, 11) is 0. The minimum absolute atomic E-state index is 0.235. The van der Waals surface area contributed by atoms with E-state index in [4.69, 9.17) is 14.0 Å². The first kappa shape index (κ1) is 19.4. The Morgan fingerprint density at radius 1 is 1.14 bits per heavy atom. The quantitative estimate of drug-likeness (QED) is 0.642. The maximum atomic E-state index is 12.7. The number of aryl methyl sites for hydroxylation is 2. The van der Waals surface area contributed by atoms with Gasteiger partial charge in [-0.2, -0.15) is 0 Å². The third-order valence-electron chi connectivity index (χ3n) is 4.26. The number of nitrogens with one attached hydrogen (secondary N) is 1. The van der Waals surface area contributed by atoms with Gasteiger partial charge in [-0.3, -0.25) is 4.79 Å². The summed E-state index contributed by atoms with van der Waals surface area (Å²) in [5, 5.41) is 6.82. The van der Waals surface area contributed by atoms with Crippen LogP contribution in [0.4, 0.5) is 0 Å². The van der Waals surface area contributed by atoms with Crippen LogP contribution in [0.2, 0.25) is 0 Å². The number of hydrogen-bond acceptors (Lipinski definition) is 6. The van der Waals surface area contributed by atoms with Crippen LogP contribution in [0.25, 0.3) is 0 Å². The van der Waals surface area contributed by atoms with Crippen molar-refractivity contribution in [1.82, 2.24) is 15.5 Å². The van der Waals surface area contributed by atoms with E-state index in [0.29, 0.717) is 36.1 Å². The molecule has 1 N–H and O–H groups in total. The highest BCUT2D eigenvalue weighted by atomic mass is 16.5. The summed E-state index contributed by atoms with van der Waals surface area (Å²) in [5.41, 5.74) is 2.93. The van der Waals surface area contributed by atoms with Gasteiger partial charge in [0.25, 0.3) is 5.91 Å². The minimum atomic E-state index is -0.235. The zero-order valence-electron chi connectivity index (χ0n) is 16.2. The van der Waals surface area contributed by atoms with E-state index >= 15 is 0 Å². The van der Waals surface area contributed by atoms with E-state index in [-0.39, 0.29) is 12.5 Å². The second-order valence-corrected chi connectivity index (χ2v) is 6.17. The molecule has 7 nitrogen and oxygen atoms in total. The molecule has 0 aliphatic rings. The van der Waals surface area contributed by atoms with E-state index < -0.39 is 0 Å². The summed E-state index contributed by atoms with van der Waals surface area (Å²) >= 11 is 0. The summed E-state index contributed by atoms with van der Waals surface area (Å²) in [5.74, 6) is 1.49. The Kier molecular flexibility index (Phi) is 6.26. The maximum absolute atomic E-state index is 12.7. The molecule has 3 rings (SSSR count). The average molecular weight is 381 g/mol. The van der Waals surface area contributed by atoms with Crippen molar-refractivity contribution in [3.63, 3.8) is 0 Å². The molecule has 0 aliphatic carbocycles. The highest BCUT2D eigenvalue weighted by Gasteiger charge is 2.15. The lowest BCUT2D eigenvalue weighted by molar-refractivity contribution is 0.0946. The summed E-state index contributed by atoms with van der Waals surface area (Å²) in [6.45, 7) is 6.68. The van der Waals surface area contributed by atoms with Gasteiger partial charge in [0.1, 0.15) is 18.1 Å². The van der Waals surface area contributed by atoms with Crippen LogP contribution in [0.1, 0.15) is 39.9 Å². The highest BCUT2D eigenvalue weighted by molar-refractivity contribution is 5.96. The first-order valence-electron chi connectivity index (χ1n) is 9.08. The zero-order chi connectivity index (χ0) is 19.9. The lowest BCUT2D eigenvalue weighted by Gasteiger charge is -2.13. The molecule has 2 heterocycles. The van der Waals surface area contributed by atoms with Crippen LogP contribution < -0.4 is 14.8 Å². The molecular weight excluding hydrogens is 358 g/mol. The number of rotatable bonds is 8. The van der Waals surface area contributed by atoms with Gasteiger partial charge in [0.2, 0.25) is 5.88 Å². The third-order valence-corrected chi connectivity index (χ3v) is 4.26. The van der Waals surface area contributed by atoms with Gasteiger partial charge in [0.15, 0.2) is 0 Å². The fraction of sp³-hybridized carbons (Fsp3) is 0.286. The summed E-state index contributed by atoms with van der Waals surface area (Å²) in [6.07, 6.45) is 1.66. The van der Waals surface area contributed by atoms with Crippen LogP contribution in [0.15, 0.2) is 47.1 Å². The molecule has 3 aromatic rings. The van der Waals surface area contributed by atoms with Gasteiger partial charge in [-0.1, -0.05) is 23.4 Å². The van der Waals surface area contributed by atoms with Crippen LogP contribution in [0, 0.1) is 13.8 Å². The molecular formula is C21H23N3O4. The molecule has 28 heavy (non-hydrogen) atoms. The van der Waals surface area contributed by atoms with Crippen molar-refractivity contribution >= 4 is 5.91 Å². The number of nitrogens with zero attached hydrogens (tertiary/aromatic N) is 2. The molecule has 1 aromatic carbocycles. The average Bonchev–Trinajstić information content (AvgIpc) is 3.03. The van der Waals surface area contributed by atoms with E-state index in [1.54, 1.807) is 24.4 Å². The molecule has 0 saturated heterocycles. The number of para-hydroxylation sites is 1. The van der Waals surface area contributed by atoms with E-state index in [0.717, 1.165) is 16.8 Å². The second kappa shape index (κ2) is 9.03. The van der Waals surface area contributed by atoms with Gasteiger partial charge in [-0.25, -0.2) is 4.98 Å². The van der Waals surface area contributed by atoms with Gasteiger partial charge < -0.3 is 19.3 Å². The fourth-order valence-electron chi connectivity index (χ4n) is 2.73. The summed E-state index contributed by atoms with van der Waals surface area (Å²) in [6, 6.07) is 10.8. The van der Waals surface area contributed by atoms with Crippen molar-refractivity contribution in [3.05, 3.63) is 70.7 Å². The number of pyridine rings is 1. The summed E-state index contributed by atoms with van der Waals surface area (Å²) < 4.78 is 16.5. The molecule has 0 unspecified atom stereocenters. The number of hydrogen-bond donors (Lipinski definition) is 1. The summed E-state index contributed by atoms with van der Waals surface area (Å²) in [4.78, 5) is 16.9. The predicted molar refractivity (Wildman–Crippen MR) is 103 cm³/mol. The number of carbonyl (C=O) groups excluding carboxylic acids is 1.